The summed E-state index contributed by atoms with van der Waals surface area (Å²) in [4.78, 5) is 7.51. The third kappa shape index (κ3) is 3.06. The van der Waals surface area contributed by atoms with E-state index in [0.29, 0.717) is 6.04 Å². The van der Waals surface area contributed by atoms with Crippen LogP contribution < -0.4 is 10.6 Å². The van der Waals surface area contributed by atoms with Crippen LogP contribution in [0.25, 0.3) is 0 Å². The summed E-state index contributed by atoms with van der Waals surface area (Å²) in [5.41, 5.74) is 0. The predicted molar refractivity (Wildman–Crippen MR) is 65.2 cm³/mol. The van der Waals surface area contributed by atoms with E-state index in [1.165, 1.54) is 25.9 Å². The van der Waals surface area contributed by atoms with Crippen molar-refractivity contribution in [1.82, 2.24) is 20.6 Å². The molecule has 4 heteroatoms. The van der Waals surface area contributed by atoms with Crippen LogP contribution in [0.2, 0.25) is 0 Å². The average molecular weight is 222 g/mol. The highest BCUT2D eigenvalue weighted by molar-refractivity contribution is 4.95. The number of nitrogens with zero attached hydrogens (tertiary/aromatic N) is 1. The second kappa shape index (κ2) is 6.01. The summed E-state index contributed by atoms with van der Waals surface area (Å²) in [7, 11) is 0. The van der Waals surface area contributed by atoms with Crippen LogP contribution in [0.5, 0.6) is 0 Å². The molecule has 4 nitrogen and oxygen atoms in total. The van der Waals surface area contributed by atoms with Crippen LogP contribution in [0.4, 0.5) is 0 Å². The average Bonchev–Trinajstić information content (AvgIpc) is 2.85. The highest BCUT2D eigenvalue weighted by atomic mass is 15.0. The predicted octanol–water partition coefficient (Wildman–Crippen LogP) is 1.45. The van der Waals surface area contributed by atoms with Crippen molar-refractivity contribution in [2.45, 2.75) is 32.2 Å². The zero-order valence-electron chi connectivity index (χ0n) is 10.00. The first-order chi connectivity index (χ1) is 7.90. The summed E-state index contributed by atoms with van der Waals surface area (Å²) in [5.74, 6) is 1.89. The Kier molecular flexibility index (Phi) is 4.36. The Labute approximate surface area is 97.2 Å². The molecule has 1 fully saturated rings. The maximum atomic E-state index is 4.32. The van der Waals surface area contributed by atoms with Crippen LogP contribution in [-0.2, 0) is 0 Å². The van der Waals surface area contributed by atoms with Crippen LogP contribution >= 0.6 is 0 Å². The van der Waals surface area contributed by atoms with E-state index in [9.17, 15) is 0 Å². The summed E-state index contributed by atoms with van der Waals surface area (Å²) >= 11 is 0. The smallest absolute Gasteiger partial charge is 0.123 e. The van der Waals surface area contributed by atoms with Gasteiger partial charge in [0.1, 0.15) is 5.82 Å². The van der Waals surface area contributed by atoms with E-state index in [4.69, 9.17) is 0 Å². The number of piperidine rings is 1. The number of aromatic nitrogens is 2. The van der Waals surface area contributed by atoms with E-state index >= 15 is 0 Å². The van der Waals surface area contributed by atoms with Crippen LogP contribution in [-0.4, -0.2) is 29.6 Å². The van der Waals surface area contributed by atoms with Crippen molar-refractivity contribution in [3.63, 3.8) is 0 Å². The lowest BCUT2D eigenvalue weighted by atomic mass is 9.98. The zero-order chi connectivity index (χ0) is 11.2. The maximum absolute atomic E-state index is 4.32. The lowest BCUT2D eigenvalue weighted by Crippen LogP contribution is -2.35. The Morgan fingerprint density at radius 1 is 1.50 bits per heavy atom. The molecule has 0 amide bonds. The highest BCUT2D eigenvalue weighted by Gasteiger charge is 2.16. The van der Waals surface area contributed by atoms with Crippen LogP contribution in [0.15, 0.2) is 12.4 Å². The fourth-order valence-corrected chi connectivity index (χ4v) is 2.30. The summed E-state index contributed by atoms with van der Waals surface area (Å²) < 4.78 is 0. The number of imidazole rings is 1. The van der Waals surface area contributed by atoms with Gasteiger partial charge < -0.3 is 15.6 Å². The molecule has 3 N–H and O–H groups in total. The van der Waals surface area contributed by atoms with Crippen molar-refractivity contribution < 1.29 is 0 Å². The van der Waals surface area contributed by atoms with Gasteiger partial charge in [0, 0.05) is 12.4 Å². The van der Waals surface area contributed by atoms with Crippen molar-refractivity contribution in [2.24, 2.45) is 5.92 Å². The minimum absolute atomic E-state index is 0.380. The Bertz CT molecular complexity index is 277. The molecule has 0 saturated carbocycles. The van der Waals surface area contributed by atoms with Crippen LogP contribution in [0, 0.1) is 5.92 Å². The molecule has 0 radical (unpaired) electrons. The molecule has 90 valence electrons. The minimum Gasteiger partial charge on any atom is -0.347 e. The van der Waals surface area contributed by atoms with Gasteiger partial charge in [0.2, 0.25) is 0 Å². The zero-order valence-corrected chi connectivity index (χ0v) is 10.00. The van der Waals surface area contributed by atoms with E-state index in [1.807, 2.05) is 12.4 Å². The van der Waals surface area contributed by atoms with Gasteiger partial charge in [0.15, 0.2) is 0 Å². The van der Waals surface area contributed by atoms with Gasteiger partial charge in [-0.25, -0.2) is 4.98 Å². The van der Waals surface area contributed by atoms with Gasteiger partial charge in [-0.05, 0) is 44.8 Å². The quantitative estimate of drug-likeness (QED) is 0.707. The molecule has 16 heavy (non-hydrogen) atoms. The molecule has 1 aromatic heterocycles. The van der Waals surface area contributed by atoms with Gasteiger partial charge in [-0.2, -0.15) is 0 Å². The second-order valence-corrected chi connectivity index (χ2v) is 4.54. The van der Waals surface area contributed by atoms with E-state index < -0.39 is 0 Å². The van der Waals surface area contributed by atoms with E-state index in [0.717, 1.165) is 24.7 Å². The van der Waals surface area contributed by atoms with E-state index in [1.54, 1.807) is 0 Å². The minimum atomic E-state index is 0.380. The summed E-state index contributed by atoms with van der Waals surface area (Å²) in [6.07, 6.45) is 7.38. The maximum Gasteiger partial charge on any atom is 0.123 e. The Hall–Kier alpha value is -0.870. The van der Waals surface area contributed by atoms with Crippen molar-refractivity contribution in [3.05, 3.63) is 18.2 Å². The molecule has 1 aliphatic heterocycles. The fourth-order valence-electron chi connectivity index (χ4n) is 2.30. The number of H-pyrrole nitrogens is 1. The summed E-state index contributed by atoms with van der Waals surface area (Å²) in [5, 5.41) is 7.02. The van der Waals surface area contributed by atoms with Crippen molar-refractivity contribution in [1.29, 1.82) is 0 Å². The number of rotatable bonds is 5. The van der Waals surface area contributed by atoms with Gasteiger partial charge >= 0.3 is 0 Å². The molecule has 0 spiro atoms. The molecule has 0 aromatic carbocycles. The van der Waals surface area contributed by atoms with Crippen molar-refractivity contribution in [2.75, 3.05) is 19.6 Å². The van der Waals surface area contributed by atoms with Gasteiger partial charge in [-0.15, -0.1) is 0 Å². The van der Waals surface area contributed by atoms with Crippen LogP contribution in [0.1, 0.15) is 38.1 Å². The van der Waals surface area contributed by atoms with Gasteiger partial charge in [0.25, 0.3) is 0 Å². The lowest BCUT2D eigenvalue weighted by Gasteiger charge is -2.25. The number of hydrogen-bond acceptors (Lipinski definition) is 3. The lowest BCUT2D eigenvalue weighted by molar-refractivity contribution is 0.335. The molecule has 1 atom stereocenters. The Balaban J connectivity index is 1.78. The molecule has 1 aromatic rings. The molecule has 0 aliphatic carbocycles. The topological polar surface area (TPSA) is 52.7 Å². The third-order valence-corrected chi connectivity index (χ3v) is 3.37. The van der Waals surface area contributed by atoms with Gasteiger partial charge in [0.05, 0.1) is 6.04 Å². The third-order valence-electron chi connectivity index (χ3n) is 3.37. The van der Waals surface area contributed by atoms with E-state index in [-0.39, 0.29) is 0 Å². The van der Waals surface area contributed by atoms with E-state index in [2.05, 4.69) is 27.5 Å². The first-order valence-electron chi connectivity index (χ1n) is 6.33. The molecule has 2 rings (SSSR count). The number of hydrogen-bond donors (Lipinski definition) is 3. The molecule has 2 heterocycles. The molecule has 1 saturated heterocycles. The molecular weight excluding hydrogens is 200 g/mol. The summed E-state index contributed by atoms with van der Waals surface area (Å²) in [6, 6.07) is 0.380. The van der Waals surface area contributed by atoms with Crippen molar-refractivity contribution >= 4 is 0 Å². The first-order valence-corrected chi connectivity index (χ1v) is 6.33. The van der Waals surface area contributed by atoms with Gasteiger partial charge in [-0.3, -0.25) is 0 Å². The molecule has 0 bridgehead atoms. The monoisotopic (exact) mass is 222 g/mol. The standard InChI is InChI=1S/C12H22N4/c1-2-11(12-14-7-8-15-12)16-9-10-3-5-13-6-4-10/h7-8,10-11,13,16H,2-6,9H2,1H3,(H,14,15). The second-order valence-electron chi connectivity index (χ2n) is 4.54. The number of nitrogens with one attached hydrogen (secondary N) is 3. The molecular formula is C12H22N4. The largest absolute Gasteiger partial charge is 0.347 e. The Morgan fingerprint density at radius 2 is 2.31 bits per heavy atom. The fraction of sp³-hybridized carbons (Fsp3) is 0.750. The van der Waals surface area contributed by atoms with Crippen LogP contribution in [0.3, 0.4) is 0 Å². The first kappa shape index (κ1) is 11.6. The molecule has 1 unspecified atom stereocenters. The summed E-state index contributed by atoms with van der Waals surface area (Å²) in [6.45, 7) is 5.65. The van der Waals surface area contributed by atoms with Gasteiger partial charge in [-0.1, -0.05) is 6.92 Å². The highest BCUT2D eigenvalue weighted by Crippen LogP contribution is 2.15. The van der Waals surface area contributed by atoms with Crippen molar-refractivity contribution in [3.8, 4) is 0 Å². The normalized spacial score (nSPS) is 19.8. The SMILES string of the molecule is CCC(NCC1CCNCC1)c1ncc[nH]1. The molecule has 1 aliphatic rings. The number of aromatic amines is 1. The Morgan fingerprint density at radius 3 is 2.94 bits per heavy atom.